The second-order valence-corrected chi connectivity index (χ2v) is 12.2. The third-order valence-electron chi connectivity index (χ3n) is 7.07. The molecule has 4 atom stereocenters. The molecule has 3 rings (SSSR count). The number of rotatable bonds is 18. The van der Waals surface area contributed by atoms with E-state index in [1.165, 1.54) is 31.6 Å². The summed E-state index contributed by atoms with van der Waals surface area (Å²) in [6.07, 6.45) is 2.33. The van der Waals surface area contributed by atoms with Crippen LogP contribution in [0.2, 0.25) is 0 Å². The standard InChI is InChI=1S/C29H39N9O9S/c1-16(30)27(42)38-23(14-39)29(44)37-22(12-17-13-32-15-35-17)28(43)36-21(26(31)41)8-9-25(40)34-11-10-33-20-6-2-5-19-18(20)4-3-7-24(19)48(45,46)47/h2-7,13,15-16,21-23,33,39H,8-12,14,30H2,1H3,(H2,31,41)(H,32,35)(H,34,40)(H,36,43)(H,37,44)(H,38,42)(H,45,46,47)/t16-,21-,22-,23-/m0/s1. The SMILES string of the molecule is C[C@H](N)C(=O)N[C@@H](CO)C(=O)N[C@@H](Cc1c[nH]cn1)C(=O)N[C@@H](CCC(=O)NCCNc1cccc2c(S(=O)(=O)O)cccc12)C(N)=O. The highest BCUT2D eigenvalue weighted by Crippen LogP contribution is 2.28. The van der Waals surface area contributed by atoms with Crippen LogP contribution in [0, 0.1) is 0 Å². The van der Waals surface area contributed by atoms with E-state index >= 15 is 0 Å². The van der Waals surface area contributed by atoms with Gasteiger partial charge >= 0.3 is 0 Å². The number of aliphatic hydroxyl groups excluding tert-OH is 1. The highest BCUT2D eigenvalue weighted by molar-refractivity contribution is 7.86. The second kappa shape index (κ2) is 17.2. The summed E-state index contributed by atoms with van der Waals surface area (Å²) in [6.45, 7) is 0.983. The first-order chi connectivity index (χ1) is 22.7. The summed E-state index contributed by atoms with van der Waals surface area (Å²) < 4.78 is 33.0. The maximum atomic E-state index is 13.2. The molecular formula is C29H39N9O9S. The number of hydrogen-bond donors (Lipinski definition) is 10. The maximum absolute atomic E-state index is 13.2. The normalized spacial score (nSPS) is 13.8. The number of carbonyl (C=O) groups excluding carboxylic acids is 5. The lowest BCUT2D eigenvalue weighted by Gasteiger charge is -2.24. The van der Waals surface area contributed by atoms with Crippen molar-refractivity contribution in [2.45, 2.75) is 55.2 Å². The van der Waals surface area contributed by atoms with E-state index in [0.717, 1.165) is 0 Å². The molecule has 1 aromatic heterocycles. The predicted molar refractivity (Wildman–Crippen MR) is 173 cm³/mol. The Bertz CT molecular complexity index is 1720. The van der Waals surface area contributed by atoms with Gasteiger partial charge in [0.25, 0.3) is 10.1 Å². The topological polar surface area (TPSA) is 301 Å². The van der Waals surface area contributed by atoms with Crippen molar-refractivity contribution in [2.24, 2.45) is 11.5 Å². The van der Waals surface area contributed by atoms with Crippen molar-refractivity contribution in [3.05, 3.63) is 54.6 Å². The van der Waals surface area contributed by atoms with Crippen molar-refractivity contribution in [3.63, 3.8) is 0 Å². The first-order valence-corrected chi connectivity index (χ1v) is 16.2. The molecule has 48 heavy (non-hydrogen) atoms. The Labute approximate surface area is 275 Å². The number of fused-ring (bicyclic) bond motifs is 1. The summed E-state index contributed by atoms with van der Waals surface area (Å²) in [4.78, 5) is 69.2. The van der Waals surface area contributed by atoms with Gasteiger partial charge in [-0.05, 0) is 25.5 Å². The van der Waals surface area contributed by atoms with Gasteiger partial charge in [0.15, 0.2) is 0 Å². The fourth-order valence-electron chi connectivity index (χ4n) is 4.57. The van der Waals surface area contributed by atoms with Gasteiger partial charge in [0.05, 0.1) is 24.7 Å². The number of nitrogens with one attached hydrogen (secondary N) is 6. The van der Waals surface area contributed by atoms with Crippen LogP contribution in [-0.4, -0.2) is 101 Å². The molecule has 0 spiro atoms. The molecule has 12 N–H and O–H groups in total. The number of imidazole rings is 1. The van der Waals surface area contributed by atoms with Crippen LogP contribution in [0.1, 0.15) is 25.5 Å². The van der Waals surface area contributed by atoms with E-state index in [4.69, 9.17) is 11.5 Å². The smallest absolute Gasteiger partial charge is 0.295 e. The lowest BCUT2D eigenvalue weighted by atomic mass is 10.1. The minimum Gasteiger partial charge on any atom is -0.394 e. The molecule has 0 saturated heterocycles. The van der Waals surface area contributed by atoms with E-state index < -0.39 is 70.4 Å². The summed E-state index contributed by atoms with van der Waals surface area (Å²) in [5.41, 5.74) is 11.9. The van der Waals surface area contributed by atoms with E-state index in [9.17, 15) is 42.0 Å². The van der Waals surface area contributed by atoms with Crippen molar-refractivity contribution in [1.82, 2.24) is 31.2 Å². The lowest BCUT2D eigenvalue weighted by Crippen LogP contribution is -2.58. The van der Waals surface area contributed by atoms with E-state index in [1.807, 2.05) is 0 Å². The van der Waals surface area contributed by atoms with E-state index in [2.05, 4.69) is 36.6 Å². The Morgan fingerprint density at radius 3 is 2.19 bits per heavy atom. The summed E-state index contributed by atoms with van der Waals surface area (Å²) in [5, 5.41) is 23.4. The minimum atomic E-state index is -4.44. The van der Waals surface area contributed by atoms with E-state index in [0.29, 0.717) is 22.2 Å². The number of aliphatic hydroxyl groups is 1. The zero-order valence-corrected chi connectivity index (χ0v) is 26.7. The molecule has 0 aliphatic carbocycles. The van der Waals surface area contributed by atoms with Gasteiger partial charge in [0.1, 0.15) is 23.0 Å². The average Bonchev–Trinajstić information content (AvgIpc) is 3.55. The number of aromatic nitrogens is 2. The third kappa shape index (κ3) is 10.7. The first kappa shape index (κ1) is 37.3. The minimum absolute atomic E-state index is 0.132. The molecule has 19 heteroatoms. The zero-order chi connectivity index (χ0) is 35.4. The summed E-state index contributed by atoms with van der Waals surface area (Å²) in [6, 6.07) is 4.36. The molecule has 18 nitrogen and oxygen atoms in total. The van der Waals surface area contributed by atoms with Gasteiger partial charge in [-0.1, -0.05) is 24.3 Å². The summed E-state index contributed by atoms with van der Waals surface area (Å²) in [5.74, 6) is -3.82. The molecule has 0 radical (unpaired) electrons. The van der Waals surface area contributed by atoms with Gasteiger partial charge < -0.3 is 48.1 Å². The molecule has 0 aliphatic heterocycles. The molecule has 1 heterocycles. The summed E-state index contributed by atoms with van der Waals surface area (Å²) in [7, 11) is -4.44. The van der Waals surface area contributed by atoms with Crippen LogP contribution >= 0.6 is 0 Å². The molecule has 0 bridgehead atoms. The maximum Gasteiger partial charge on any atom is 0.295 e. The van der Waals surface area contributed by atoms with Crippen LogP contribution < -0.4 is 38.1 Å². The Balaban J connectivity index is 1.56. The van der Waals surface area contributed by atoms with Crippen LogP contribution in [0.5, 0.6) is 0 Å². The highest BCUT2D eigenvalue weighted by Gasteiger charge is 2.30. The fourth-order valence-corrected chi connectivity index (χ4v) is 5.28. The molecule has 5 amide bonds. The lowest BCUT2D eigenvalue weighted by molar-refractivity contribution is -0.134. The number of amides is 5. The quantitative estimate of drug-likeness (QED) is 0.0496. The molecule has 3 aromatic rings. The Kier molecular flexibility index (Phi) is 13.4. The highest BCUT2D eigenvalue weighted by atomic mass is 32.2. The van der Waals surface area contributed by atoms with Crippen molar-refractivity contribution in [3.8, 4) is 0 Å². The Morgan fingerprint density at radius 2 is 1.56 bits per heavy atom. The van der Waals surface area contributed by atoms with Gasteiger partial charge in [-0.25, -0.2) is 4.98 Å². The number of carbonyl (C=O) groups is 5. The average molecular weight is 690 g/mol. The largest absolute Gasteiger partial charge is 0.394 e. The molecule has 2 aromatic carbocycles. The van der Waals surface area contributed by atoms with Crippen LogP contribution in [-0.2, 0) is 40.5 Å². The van der Waals surface area contributed by atoms with Crippen molar-refractivity contribution in [1.29, 1.82) is 0 Å². The van der Waals surface area contributed by atoms with Crippen LogP contribution in [0.4, 0.5) is 5.69 Å². The predicted octanol–water partition coefficient (Wildman–Crippen LogP) is -2.36. The van der Waals surface area contributed by atoms with Crippen molar-refractivity contribution < 1.29 is 42.0 Å². The molecule has 0 saturated carbocycles. The van der Waals surface area contributed by atoms with Gasteiger partial charge in [0, 0.05) is 48.6 Å². The van der Waals surface area contributed by atoms with Crippen LogP contribution in [0.3, 0.4) is 0 Å². The number of nitrogens with zero attached hydrogens (tertiary/aromatic N) is 1. The van der Waals surface area contributed by atoms with Gasteiger partial charge in [0.2, 0.25) is 29.5 Å². The fraction of sp³-hybridized carbons (Fsp3) is 0.379. The number of benzene rings is 2. The third-order valence-corrected chi connectivity index (χ3v) is 7.98. The number of primary amides is 1. The van der Waals surface area contributed by atoms with Crippen molar-refractivity contribution >= 4 is 56.1 Å². The number of H-pyrrole nitrogens is 1. The second-order valence-electron chi connectivity index (χ2n) is 10.8. The molecule has 0 aliphatic rings. The molecule has 0 fully saturated rings. The van der Waals surface area contributed by atoms with Gasteiger partial charge in [-0.3, -0.25) is 28.5 Å². The van der Waals surface area contributed by atoms with Gasteiger partial charge in [-0.2, -0.15) is 8.42 Å². The molecule has 260 valence electrons. The van der Waals surface area contributed by atoms with Crippen molar-refractivity contribution in [2.75, 3.05) is 25.0 Å². The monoisotopic (exact) mass is 689 g/mol. The number of nitrogens with two attached hydrogens (primary N) is 2. The summed E-state index contributed by atoms with van der Waals surface area (Å²) >= 11 is 0. The first-order valence-electron chi connectivity index (χ1n) is 14.8. The number of hydrogen-bond acceptors (Lipinski definition) is 11. The molecular weight excluding hydrogens is 650 g/mol. The van der Waals surface area contributed by atoms with Crippen LogP contribution in [0.25, 0.3) is 10.8 Å². The zero-order valence-electron chi connectivity index (χ0n) is 25.9. The van der Waals surface area contributed by atoms with E-state index in [1.54, 1.807) is 24.3 Å². The number of anilines is 1. The van der Waals surface area contributed by atoms with Crippen LogP contribution in [0.15, 0.2) is 53.8 Å². The number of aromatic amines is 1. The Hall–Kier alpha value is -5.11. The van der Waals surface area contributed by atoms with Gasteiger partial charge in [-0.15, -0.1) is 0 Å². The molecule has 0 unspecified atom stereocenters. The Morgan fingerprint density at radius 1 is 0.917 bits per heavy atom. The van der Waals surface area contributed by atoms with E-state index in [-0.39, 0.29) is 37.2 Å².